The van der Waals surface area contributed by atoms with Gasteiger partial charge in [0.1, 0.15) is 0 Å². The van der Waals surface area contributed by atoms with E-state index >= 15 is 0 Å². The molecule has 0 aliphatic carbocycles. The SMILES string of the molecule is CONS(=O)(=O)c1ccc(NC(=O)c2ccccc2SSc2ccccc2C(=O)Nc2ccc(S(=O)(=O)NOC)cc2)cc1. The van der Waals surface area contributed by atoms with Crippen LogP contribution in [0.1, 0.15) is 20.7 Å². The Hall–Kier alpha value is -3.74. The zero-order valence-corrected chi connectivity index (χ0v) is 26.4. The molecule has 0 bridgehead atoms. The van der Waals surface area contributed by atoms with E-state index in [9.17, 15) is 26.4 Å². The maximum Gasteiger partial charge on any atom is 0.262 e. The van der Waals surface area contributed by atoms with Gasteiger partial charge in [-0.25, -0.2) is 16.8 Å². The van der Waals surface area contributed by atoms with Crippen molar-refractivity contribution >= 4 is 64.8 Å². The summed E-state index contributed by atoms with van der Waals surface area (Å²) in [7, 11) is -2.72. The summed E-state index contributed by atoms with van der Waals surface area (Å²) in [6.07, 6.45) is 0. The topological polar surface area (TPSA) is 169 Å². The highest BCUT2D eigenvalue weighted by Gasteiger charge is 2.18. The predicted molar refractivity (Wildman–Crippen MR) is 168 cm³/mol. The molecule has 12 nitrogen and oxygen atoms in total. The lowest BCUT2D eigenvalue weighted by Gasteiger charge is -2.12. The van der Waals surface area contributed by atoms with Gasteiger partial charge in [-0.3, -0.25) is 19.3 Å². The third-order valence-electron chi connectivity index (χ3n) is 5.72. The van der Waals surface area contributed by atoms with Crippen molar-refractivity contribution in [3.05, 3.63) is 108 Å². The summed E-state index contributed by atoms with van der Waals surface area (Å²) in [6.45, 7) is 0. The molecular formula is C28H26N4O8S4. The van der Waals surface area contributed by atoms with Crippen molar-refractivity contribution in [3.8, 4) is 0 Å². The van der Waals surface area contributed by atoms with Crippen molar-refractivity contribution in [1.82, 2.24) is 9.77 Å². The van der Waals surface area contributed by atoms with Crippen molar-refractivity contribution in [2.75, 3.05) is 24.9 Å². The van der Waals surface area contributed by atoms with Gasteiger partial charge in [0.15, 0.2) is 0 Å². The van der Waals surface area contributed by atoms with E-state index in [2.05, 4.69) is 20.3 Å². The Bertz CT molecular complexity index is 1710. The molecule has 4 aromatic rings. The number of amides is 2. The summed E-state index contributed by atoms with van der Waals surface area (Å²) in [5.41, 5.74) is 1.54. The van der Waals surface area contributed by atoms with Gasteiger partial charge in [-0.1, -0.05) is 55.6 Å². The quantitative estimate of drug-likeness (QED) is 0.116. The third kappa shape index (κ3) is 8.46. The number of anilines is 2. The molecule has 0 fully saturated rings. The Balaban J connectivity index is 1.44. The normalized spacial score (nSPS) is 11.6. The van der Waals surface area contributed by atoms with Crippen LogP contribution in [0.2, 0.25) is 0 Å². The van der Waals surface area contributed by atoms with Crippen LogP contribution in [0.25, 0.3) is 0 Å². The molecule has 44 heavy (non-hydrogen) atoms. The number of hydrogen-bond donors (Lipinski definition) is 4. The molecule has 0 aromatic heterocycles. The van der Waals surface area contributed by atoms with E-state index in [-0.39, 0.29) is 9.79 Å². The fourth-order valence-corrected chi connectivity index (χ4v) is 7.67. The zero-order valence-electron chi connectivity index (χ0n) is 23.1. The summed E-state index contributed by atoms with van der Waals surface area (Å²) in [6, 6.07) is 25.1. The van der Waals surface area contributed by atoms with Crippen LogP contribution in [0, 0.1) is 0 Å². The summed E-state index contributed by atoms with van der Waals surface area (Å²) in [4.78, 5) is 40.3. The van der Waals surface area contributed by atoms with Gasteiger partial charge in [0.2, 0.25) is 0 Å². The first-order valence-corrected chi connectivity index (χ1v) is 17.6. The minimum absolute atomic E-state index is 0.0308. The Morgan fingerprint density at radius 3 is 1.23 bits per heavy atom. The molecule has 230 valence electrons. The van der Waals surface area contributed by atoms with Crippen LogP contribution in [0.15, 0.2) is 117 Å². The van der Waals surface area contributed by atoms with E-state index in [0.29, 0.717) is 32.3 Å². The van der Waals surface area contributed by atoms with Gasteiger partial charge in [0.25, 0.3) is 31.9 Å². The molecule has 0 radical (unpaired) electrons. The van der Waals surface area contributed by atoms with E-state index in [0.717, 1.165) is 0 Å². The lowest BCUT2D eigenvalue weighted by atomic mass is 10.2. The average Bonchev–Trinajstić information content (AvgIpc) is 3.01. The number of rotatable bonds is 13. The molecule has 0 aliphatic rings. The Kier molecular flexibility index (Phi) is 11.2. The number of carbonyl (C=O) groups is 2. The predicted octanol–water partition coefficient (Wildman–Crippen LogP) is 4.67. The summed E-state index contributed by atoms with van der Waals surface area (Å²) in [5.74, 6) is -0.812. The van der Waals surface area contributed by atoms with E-state index in [1.54, 1.807) is 48.5 Å². The summed E-state index contributed by atoms with van der Waals surface area (Å²) < 4.78 is 48.3. The van der Waals surface area contributed by atoms with Crippen molar-refractivity contribution in [2.45, 2.75) is 19.6 Å². The molecule has 16 heteroatoms. The fraction of sp³-hybridized carbons (Fsp3) is 0.0714. The first-order valence-electron chi connectivity index (χ1n) is 12.5. The van der Waals surface area contributed by atoms with Gasteiger partial charge in [0, 0.05) is 21.2 Å². The van der Waals surface area contributed by atoms with Crippen LogP contribution < -0.4 is 20.4 Å². The second-order valence-corrected chi connectivity index (χ2v) is 14.2. The van der Waals surface area contributed by atoms with Crippen molar-refractivity contribution in [3.63, 3.8) is 0 Å². The van der Waals surface area contributed by atoms with Crippen LogP contribution in [-0.4, -0.2) is 42.9 Å². The van der Waals surface area contributed by atoms with E-state index in [1.165, 1.54) is 84.3 Å². The lowest BCUT2D eigenvalue weighted by Crippen LogP contribution is -2.22. The van der Waals surface area contributed by atoms with Gasteiger partial charge in [-0.2, -0.15) is 0 Å². The van der Waals surface area contributed by atoms with Crippen molar-refractivity contribution in [2.24, 2.45) is 0 Å². The molecule has 4 N–H and O–H groups in total. The maximum absolute atomic E-state index is 13.1. The third-order valence-corrected chi connectivity index (χ3v) is 10.8. The highest BCUT2D eigenvalue weighted by Crippen LogP contribution is 2.40. The highest BCUT2D eigenvalue weighted by atomic mass is 33.1. The van der Waals surface area contributed by atoms with Crippen LogP contribution in [0.5, 0.6) is 0 Å². The molecule has 0 aliphatic heterocycles. The smallest absolute Gasteiger partial charge is 0.262 e. The zero-order chi connectivity index (χ0) is 31.7. The standard InChI is InChI=1S/C28H26N4O8S4/c1-39-31-43(35,36)21-15-11-19(12-16-21)29-27(33)23-7-3-5-9-25(23)41-42-26-10-6-4-8-24(26)28(34)30-20-13-17-22(18-14-20)44(37,38)32-40-2/h3-18,31-32H,1-2H3,(H,29,33)(H,30,34). The number of hydrogen-bond acceptors (Lipinski definition) is 10. The van der Waals surface area contributed by atoms with E-state index in [4.69, 9.17) is 0 Å². The molecule has 0 spiro atoms. The first kappa shape index (κ1) is 33.2. The molecule has 4 aromatic carbocycles. The average molecular weight is 675 g/mol. The van der Waals surface area contributed by atoms with Crippen LogP contribution >= 0.6 is 21.6 Å². The summed E-state index contributed by atoms with van der Waals surface area (Å²) in [5, 5.41) is 5.53. The van der Waals surface area contributed by atoms with Gasteiger partial charge < -0.3 is 10.6 Å². The fourth-order valence-electron chi connectivity index (χ4n) is 3.69. The second-order valence-electron chi connectivity index (χ2n) is 8.70. The second kappa shape index (κ2) is 14.8. The largest absolute Gasteiger partial charge is 0.322 e. The molecule has 4 rings (SSSR count). The Labute approximate surface area is 262 Å². The maximum atomic E-state index is 13.1. The van der Waals surface area contributed by atoms with Gasteiger partial charge in [-0.15, -0.1) is 0 Å². The summed E-state index contributed by atoms with van der Waals surface area (Å²) >= 11 is 0. The first-order chi connectivity index (χ1) is 21.0. The molecule has 0 unspecified atom stereocenters. The van der Waals surface area contributed by atoms with Gasteiger partial charge in [-0.05, 0) is 72.8 Å². The minimum Gasteiger partial charge on any atom is -0.322 e. The van der Waals surface area contributed by atoms with Gasteiger partial charge in [0.05, 0.1) is 35.1 Å². The molecular weight excluding hydrogens is 649 g/mol. The molecule has 0 saturated heterocycles. The number of benzene rings is 4. The van der Waals surface area contributed by atoms with Crippen LogP contribution in [0.3, 0.4) is 0 Å². The Morgan fingerprint density at radius 2 is 0.886 bits per heavy atom. The number of nitrogens with one attached hydrogen (secondary N) is 4. The number of sulfonamides is 2. The van der Waals surface area contributed by atoms with E-state index in [1.807, 2.05) is 9.77 Å². The van der Waals surface area contributed by atoms with Crippen LogP contribution in [0.4, 0.5) is 11.4 Å². The molecule has 0 atom stereocenters. The van der Waals surface area contributed by atoms with E-state index < -0.39 is 31.9 Å². The lowest BCUT2D eigenvalue weighted by molar-refractivity contribution is 0.101. The number of carbonyl (C=O) groups excluding carboxylic acids is 2. The highest BCUT2D eigenvalue weighted by molar-refractivity contribution is 8.76. The monoisotopic (exact) mass is 674 g/mol. The molecule has 0 saturated carbocycles. The Morgan fingerprint density at radius 1 is 0.545 bits per heavy atom. The molecule has 0 heterocycles. The van der Waals surface area contributed by atoms with Gasteiger partial charge >= 0.3 is 0 Å². The minimum atomic E-state index is -3.83. The van der Waals surface area contributed by atoms with Crippen molar-refractivity contribution in [1.29, 1.82) is 0 Å². The van der Waals surface area contributed by atoms with Crippen molar-refractivity contribution < 1.29 is 36.1 Å². The van der Waals surface area contributed by atoms with Crippen LogP contribution in [-0.2, 0) is 29.7 Å². The molecule has 2 amide bonds.